The van der Waals surface area contributed by atoms with Crippen LogP contribution in [0.1, 0.15) is 255 Å². The lowest BCUT2D eigenvalue weighted by atomic mass is 9.68. The average molecular weight is 877 g/mol. The van der Waals surface area contributed by atoms with E-state index in [4.69, 9.17) is 11.2 Å². The molecule has 5 heteroatoms. The Kier molecular flexibility index (Phi) is 22.3. The molecule has 0 aromatic heterocycles. The van der Waals surface area contributed by atoms with E-state index in [2.05, 4.69) is 33.6 Å². The van der Waals surface area contributed by atoms with Gasteiger partial charge < -0.3 is 4.74 Å². The molecule has 0 spiro atoms. The van der Waals surface area contributed by atoms with Crippen molar-refractivity contribution in [3.8, 4) is 18.1 Å². The van der Waals surface area contributed by atoms with Gasteiger partial charge in [0.1, 0.15) is 11.6 Å². The van der Waals surface area contributed by atoms with Crippen molar-refractivity contribution in [1.82, 2.24) is 0 Å². The first kappa shape index (κ1) is 51.5. The molecule has 1 nitrogen and oxygen atoms in total. The number of ether oxygens (including phenoxy) is 1. The van der Waals surface area contributed by atoms with Crippen LogP contribution in [0.15, 0.2) is 24.3 Å². The maximum Gasteiger partial charge on any atom is 0.200 e. The Balaban J connectivity index is 0.000000238. The molecule has 0 saturated heterocycles. The van der Waals surface area contributed by atoms with E-state index in [9.17, 15) is 17.6 Å². The summed E-state index contributed by atoms with van der Waals surface area (Å²) < 4.78 is 65.2. The Bertz CT molecular complexity index is 1610. The Morgan fingerprint density at radius 1 is 0.556 bits per heavy atom. The molecule has 2 aromatic rings. The van der Waals surface area contributed by atoms with Gasteiger partial charge in [-0.15, -0.1) is 6.42 Å². The van der Waals surface area contributed by atoms with Crippen LogP contribution < -0.4 is 4.74 Å². The molecule has 0 bridgehead atoms. The molecule has 4 fully saturated rings. The standard InChI is InChI=1S/C29H42F2O.C29H46F2/c1-4-7-8-10-25(6-3)32-27-20-19-26(28(30)29(27)31)24-17-15-23(16-18-24)22-13-11-21(9-5-2)12-14-22;1-4-6-7-8-10-21(3)29-27(30)19-26(20-28(29)31)25-17-15-24(16-18-25)23-13-11-22(9-5-2)12-14-23/h3,19-25H,4-5,7-18H2,1-2H3;19-25H,4-18H2,1-3H3. The number of rotatable bonds is 20. The van der Waals surface area contributed by atoms with Crippen LogP contribution in [0.5, 0.6) is 5.75 Å². The van der Waals surface area contributed by atoms with Crippen LogP contribution >= 0.6 is 0 Å². The Morgan fingerprint density at radius 2 is 1.02 bits per heavy atom. The first-order chi connectivity index (χ1) is 30.6. The van der Waals surface area contributed by atoms with E-state index in [1.165, 1.54) is 103 Å². The van der Waals surface area contributed by atoms with Crippen molar-refractivity contribution < 1.29 is 22.3 Å². The molecule has 2 atom stereocenters. The highest BCUT2D eigenvalue weighted by atomic mass is 19.2. The van der Waals surface area contributed by atoms with Gasteiger partial charge in [-0.05, 0) is 179 Å². The van der Waals surface area contributed by atoms with Crippen LogP contribution in [-0.4, -0.2) is 6.10 Å². The van der Waals surface area contributed by atoms with Gasteiger partial charge in [0.25, 0.3) is 0 Å². The van der Waals surface area contributed by atoms with Gasteiger partial charge >= 0.3 is 0 Å². The highest BCUT2D eigenvalue weighted by molar-refractivity contribution is 5.34. The molecular formula is C58H88F4O. The molecular weight excluding hydrogens is 789 g/mol. The molecule has 6 rings (SSSR count). The van der Waals surface area contributed by atoms with E-state index < -0.39 is 17.7 Å². The minimum Gasteiger partial charge on any atom is -0.475 e. The number of benzene rings is 2. The van der Waals surface area contributed by atoms with Gasteiger partial charge in [-0.1, -0.05) is 136 Å². The SMILES string of the molecule is C#CC(CCCCC)Oc1ccc(C2CCC(C3CCC(CCC)CC3)CC2)c(F)c1F.CCCCCCC(C)c1c(F)cc(C2CCC(C3CCC(CCC)CC3)CC2)cc1F. The molecule has 63 heavy (non-hydrogen) atoms. The van der Waals surface area contributed by atoms with Gasteiger partial charge in [0.2, 0.25) is 5.82 Å². The normalized spacial score (nSPS) is 27.4. The Labute approximate surface area is 383 Å². The fraction of sp³-hybridized carbons (Fsp3) is 0.759. The maximum atomic E-state index is 15.0. The van der Waals surface area contributed by atoms with Crippen molar-refractivity contribution in [2.75, 3.05) is 0 Å². The molecule has 0 amide bonds. The Hall–Kier alpha value is -2.48. The second-order valence-corrected chi connectivity index (χ2v) is 21.1. The quantitative estimate of drug-likeness (QED) is 0.0732. The number of terminal acetylenes is 1. The largest absolute Gasteiger partial charge is 0.475 e. The molecule has 0 aliphatic heterocycles. The summed E-state index contributed by atoms with van der Waals surface area (Å²) in [6.07, 6.45) is 39.7. The molecule has 2 aromatic carbocycles. The van der Waals surface area contributed by atoms with E-state index in [0.29, 0.717) is 23.5 Å². The summed E-state index contributed by atoms with van der Waals surface area (Å²) in [7, 11) is 0. The van der Waals surface area contributed by atoms with Crippen molar-refractivity contribution >= 4 is 0 Å². The zero-order valence-electron chi connectivity index (χ0n) is 40.6. The van der Waals surface area contributed by atoms with Gasteiger partial charge in [0, 0.05) is 5.56 Å². The van der Waals surface area contributed by atoms with Crippen molar-refractivity contribution in [2.45, 2.75) is 245 Å². The van der Waals surface area contributed by atoms with Gasteiger partial charge in [0.05, 0.1) is 0 Å². The summed E-state index contributed by atoms with van der Waals surface area (Å²) in [6.45, 7) is 10.9. The van der Waals surface area contributed by atoms with Crippen LogP contribution in [0.2, 0.25) is 0 Å². The lowest BCUT2D eigenvalue weighted by Gasteiger charge is -2.38. The molecule has 4 saturated carbocycles. The zero-order valence-corrected chi connectivity index (χ0v) is 40.6. The number of hydrogen-bond donors (Lipinski definition) is 0. The lowest BCUT2D eigenvalue weighted by Crippen LogP contribution is -2.25. The summed E-state index contributed by atoms with van der Waals surface area (Å²) in [6, 6.07) is 6.65. The van der Waals surface area contributed by atoms with Crippen molar-refractivity contribution in [2.24, 2.45) is 35.5 Å². The lowest BCUT2D eigenvalue weighted by molar-refractivity contribution is 0.155. The third-order valence-corrected chi connectivity index (χ3v) is 16.7. The van der Waals surface area contributed by atoms with Crippen molar-refractivity contribution in [1.29, 1.82) is 0 Å². The number of unbranched alkanes of at least 4 members (excludes halogenated alkanes) is 5. The van der Waals surface area contributed by atoms with Crippen molar-refractivity contribution in [3.63, 3.8) is 0 Å². The maximum absolute atomic E-state index is 15.0. The smallest absolute Gasteiger partial charge is 0.200 e. The summed E-state index contributed by atoms with van der Waals surface area (Å²) in [5.41, 5.74) is 1.74. The van der Waals surface area contributed by atoms with E-state index in [1.54, 1.807) is 24.3 Å². The topological polar surface area (TPSA) is 9.23 Å². The predicted molar refractivity (Wildman–Crippen MR) is 257 cm³/mol. The molecule has 2 unspecified atom stereocenters. The molecule has 0 radical (unpaired) electrons. The minimum atomic E-state index is -0.880. The molecule has 4 aliphatic carbocycles. The first-order valence-electron chi connectivity index (χ1n) is 26.7. The van der Waals surface area contributed by atoms with E-state index in [0.717, 1.165) is 118 Å². The number of halogens is 4. The van der Waals surface area contributed by atoms with Gasteiger partial charge in [-0.25, -0.2) is 13.2 Å². The fourth-order valence-electron chi connectivity index (χ4n) is 12.7. The summed E-state index contributed by atoms with van der Waals surface area (Å²) >= 11 is 0. The van der Waals surface area contributed by atoms with Crippen LogP contribution in [0.4, 0.5) is 17.6 Å². The second kappa shape index (κ2) is 27.2. The molecule has 4 aliphatic rings. The van der Waals surface area contributed by atoms with Gasteiger partial charge in [-0.2, -0.15) is 4.39 Å². The highest BCUT2D eigenvalue weighted by Crippen LogP contribution is 2.47. The number of hydrogen-bond acceptors (Lipinski definition) is 1. The van der Waals surface area contributed by atoms with Gasteiger partial charge in [0.15, 0.2) is 17.7 Å². The molecule has 0 N–H and O–H groups in total. The second-order valence-electron chi connectivity index (χ2n) is 21.1. The van der Waals surface area contributed by atoms with E-state index in [-0.39, 0.29) is 29.2 Å². The van der Waals surface area contributed by atoms with Crippen LogP contribution in [0.3, 0.4) is 0 Å². The van der Waals surface area contributed by atoms with Gasteiger partial charge in [-0.3, -0.25) is 0 Å². The van der Waals surface area contributed by atoms with Crippen molar-refractivity contribution in [3.05, 3.63) is 64.2 Å². The average Bonchev–Trinajstić information content (AvgIpc) is 3.30. The Morgan fingerprint density at radius 3 is 1.49 bits per heavy atom. The third-order valence-electron chi connectivity index (χ3n) is 16.7. The zero-order chi connectivity index (χ0) is 45.1. The summed E-state index contributed by atoms with van der Waals surface area (Å²) in [5.74, 6) is 5.94. The van der Waals surface area contributed by atoms with Crippen LogP contribution in [0, 0.1) is 71.1 Å². The minimum absolute atomic E-state index is 0.0375. The highest BCUT2D eigenvalue weighted by Gasteiger charge is 2.34. The first-order valence-corrected chi connectivity index (χ1v) is 26.7. The van der Waals surface area contributed by atoms with Crippen LogP contribution in [0.25, 0.3) is 0 Å². The molecule has 354 valence electrons. The fourth-order valence-corrected chi connectivity index (χ4v) is 12.7. The van der Waals surface area contributed by atoms with E-state index in [1.807, 2.05) is 6.92 Å². The monoisotopic (exact) mass is 877 g/mol. The van der Waals surface area contributed by atoms with Crippen LogP contribution in [-0.2, 0) is 0 Å². The predicted octanol–water partition coefficient (Wildman–Crippen LogP) is 18.7. The summed E-state index contributed by atoms with van der Waals surface area (Å²) in [4.78, 5) is 0. The third kappa shape index (κ3) is 15.3. The van der Waals surface area contributed by atoms with E-state index >= 15 is 0 Å². The summed E-state index contributed by atoms with van der Waals surface area (Å²) in [5, 5.41) is 0. The molecule has 0 heterocycles.